The molecular formula is C11H23N3O. The number of nitrogens with one attached hydrogen (secondary N) is 1. The summed E-state index contributed by atoms with van der Waals surface area (Å²) < 4.78 is 5.78. The average Bonchev–Trinajstić information content (AvgIpc) is 2.17. The van der Waals surface area contributed by atoms with Gasteiger partial charge in [0, 0.05) is 45.3 Å². The number of morpholine rings is 1. The van der Waals surface area contributed by atoms with Gasteiger partial charge in [0.05, 0.1) is 12.7 Å². The van der Waals surface area contributed by atoms with Crippen LogP contribution >= 0.6 is 0 Å². The Morgan fingerprint density at radius 1 is 1.33 bits per heavy atom. The molecule has 0 aromatic heterocycles. The lowest BCUT2D eigenvalue weighted by Crippen LogP contribution is -2.53. The average molecular weight is 213 g/mol. The molecule has 0 aromatic rings. The number of piperazine rings is 1. The quantitative estimate of drug-likeness (QED) is 0.676. The molecule has 88 valence electrons. The van der Waals surface area contributed by atoms with Crippen molar-refractivity contribution in [2.24, 2.45) is 0 Å². The van der Waals surface area contributed by atoms with Gasteiger partial charge in [-0.2, -0.15) is 0 Å². The Kier molecular flexibility index (Phi) is 3.97. The van der Waals surface area contributed by atoms with Gasteiger partial charge in [-0.1, -0.05) is 0 Å². The summed E-state index contributed by atoms with van der Waals surface area (Å²) in [5.74, 6) is 0. The molecule has 2 aliphatic heterocycles. The molecule has 1 N–H and O–H groups in total. The first-order chi connectivity index (χ1) is 7.24. The van der Waals surface area contributed by atoms with E-state index in [1.165, 1.54) is 0 Å². The van der Waals surface area contributed by atoms with Gasteiger partial charge in [0.15, 0.2) is 0 Å². The normalized spacial score (nSPS) is 35.6. The van der Waals surface area contributed by atoms with E-state index in [4.69, 9.17) is 4.74 Å². The molecule has 2 rings (SSSR count). The Morgan fingerprint density at radius 2 is 2.20 bits per heavy atom. The van der Waals surface area contributed by atoms with Crippen LogP contribution < -0.4 is 5.32 Å². The highest BCUT2D eigenvalue weighted by molar-refractivity contribution is 4.79. The molecule has 2 saturated heterocycles. The molecule has 0 spiro atoms. The van der Waals surface area contributed by atoms with Gasteiger partial charge in [-0.15, -0.1) is 0 Å². The Balaban J connectivity index is 1.75. The van der Waals surface area contributed by atoms with Gasteiger partial charge >= 0.3 is 0 Å². The predicted molar refractivity (Wildman–Crippen MR) is 61.1 cm³/mol. The summed E-state index contributed by atoms with van der Waals surface area (Å²) in [6.45, 7) is 9.83. The molecule has 2 aliphatic rings. The fourth-order valence-corrected chi connectivity index (χ4v) is 2.44. The van der Waals surface area contributed by atoms with Gasteiger partial charge in [0.2, 0.25) is 0 Å². The van der Waals surface area contributed by atoms with Crippen LogP contribution in [0.15, 0.2) is 0 Å². The molecule has 0 radical (unpaired) electrons. The minimum Gasteiger partial charge on any atom is -0.374 e. The van der Waals surface area contributed by atoms with E-state index in [1.54, 1.807) is 0 Å². The van der Waals surface area contributed by atoms with Crippen molar-refractivity contribution in [2.45, 2.75) is 19.1 Å². The molecule has 0 aliphatic carbocycles. The molecule has 2 heterocycles. The lowest BCUT2D eigenvalue weighted by molar-refractivity contribution is -0.0383. The van der Waals surface area contributed by atoms with Crippen LogP contribution in [-0.4, -0.2) is 74.9 Å². The van der Waals surface area contributed by atoms with Crippen molar-refractivity contribution in [3.05, 3.63) is 0 Å². The maximum atomic E-state index is 5.78. The number of hydrogen-bond donors (Lipinski definition) is 1. The van der Waals surface area contributed by atoms with E-state index in [1.807, 2.05) is 0 Å². The Bertz CT molecular complexity index is 180. The summed E-state index contributed by atoms with van der Waals surface area (Å²) in [6, 6.07) is 0.625. The third-order valence-electron chi connectivity index (χ3n) is 3.26. The van der Waals surface area contributed by atoms with E-state index in [9.17, 15) is 0 Å². The van der Waals surface area contributed by atoms with Gasteiger partial charge in [-0.05, 0) is 14.0 Å². The van der Waals surface area contributed by atoms with Gasteiger partial charge in [-0.25, -0.2) is 0 Å². The fraction of sp³-hybridized carbons (Fsp3) is 1.00. The molecule has 2 fully saturated rings. The zero-order valence-electron chi connectivity index (χ0n) is 9.91. The van der Waals surface area contributed by atoms with Crippen molar-refractivity contribution in [1.82, 2.24) is 15.1 Å². The summed E-state index contributed by atoms with van der Waals surface area (Å²) in [5.41, 5.74) is 0. The number of hydrogen-bond acceptors (Lipinski definition) is 4. The van der Waals surface area contributed by atoms with E-state index in [0.717, 1.165) is 45.9 Å². The largest absolute Gasteiger partial charge is 0.374 e. The summed E-state index contributed by atoms with van der Waals surface area (Å²) in [5, 5.41) is 3.47. The zero-order valence-corrected chi connectivity index (χ0v) is 9.91. The van der Waals surface area contributed by atoms with E-state index in [-0.39, 0.29) is 0 Å². The lowest BCUT2D eigenvalue weighted by atomic mass is 10.2. The molecule has 15 heavy (non-hydrogen) atoms. The van der Waals surface area contributed by atoms with Gasteiger partial charge < -0.3 is 15.0 Å². The smallest absolute Gasteiger partial charge is 0.0829 e. The maximum Gasteiger partial charge on any atom is 0.0829 e. The van der Waals surface area contributed by atoms with E-state index >= 15 is 0 Å². The summed E-state index contributed by atoms with van der Waals surface area (Å²) in [4.78, 5) is 4.88. The van der Waals surface area contributed by atoms with Crippen LogP contribution in [0.3, 0.4) is 0 Å². The summed E-state index contributed by atoms with van der Waals surface area (Å²) in [6.07, 6.45) is 0.411. The van der Waals surface area contributed by atoms with Crippen molar-refractivity contribution in [1.29, 1.82) is 0 Å². The first-order valence-corrected chi connectivity index (χ1v) is 6.00. The molecule has 0 aromatic carbocycles. The van der Waals surface area contributed by atoms with Crippen LogP contribution in [0.4, 0.5) is 0 Å². The third-order valence-corrected chi connectivity index (χ3v) is 3.26. The fourth-order valence-electron chi connectivity index (χ4n) is 2.44. The van der Waals surface area contributed by atoms with Crippen LogP contribution in [0.1, 0.15) is 6.92 Å². The van der Waals surface area contributed by atoms with Crippen molar-refractivity contribution < 1.29 is 4.74 Å². The summed E-state index contributed by atoms with van der Waals surface area (Å²) >= 11 is 0. The number of nitrogens with zero attached hydrogens (tertiary/aromatic N) is 2. The second kappa shape index (κ2) is 5.25. The molecule has 4 heteroatoms. The Labute approximate surface area is 92.6 Å². The molecular weight excluding hydrogens is 190 g/mol. The van der Waals surface area contributed by atoms with E-state index in [2.05, 4.69) is 29.1 Å². The number of likely N-dealkylation sites (N-methyl/N-ethyl adjacent to an activating group) is 1. The SMILES string of the molecule is C[C@@H]1CN(CC2CN(C)CCO2)CCN1. The minimum absolute atomic E-state index is 0.411. The highest BCUT2D eigenvalue weighted by Gasteiger charge is 2.23. The maximum absolute atomic E-state index is 5.78. The van der Waals surface area contributed by atoms with Gasteiger partial charge in [-0.3, -0.25) is 4.90 Å². The van der Waals surface area contributed by atoms with Crippen molar-refractivity contribution >= 4 is 0 Å². The molecule has 0 bridgehead atoms. The van der Waals surface area contributed by atoms with Crippen LogP contribution in [0, 0.1) is 0 Å². The van der Waals surface area contributed by atoms with Crippen LogP contribution in [0.5, 0.6) is 0 Å². The van der Waals surface area contributed by atoms with Crippen molar-refractivity contribution in [3.8, 4) is 0 Å². The van der Waals surface area contributed by atoms with Crippen LogP contribution in [-0.2, 0) is 4.74 Å². The Morgan fingerprint density at radius 3 is 2.93 bits per heavy atom. The molecule has 4 nitrogen and oxygen atoms in total. The van der Waals surface area contributed by atoms with Crippen LogP contribution in [0.25, 0.3) is 0 Å². The Hall–Kier alpha value is -0.160. The number of ether oxygens (including phenoxy) is 1. The minimum atomic E-state index is 0.411. The van der Waals surface area contributed by atoms with Gasteiger partial charge in [0.25, 0.3) is 0 Å². The first kappa shape index (κ1) is 11.3. The topological polar surface area (TPSA) is 27.7 Å². The second-order valence-electron chi connectivity index (χ2n) is 4.87. The van der Waals surface area contributed by atoms with E-state index < -0.39 is 0 Å². The predicted octanol–water partition coefficient (Wildman–Crippen LogP) is -0.389. The highest BCUT2D eigenvalue weighted by Crippen LogP contribution is 2.07. The monoisotopic (exact) mass is 213 g/mol. The first-order valence-electron chi connectivity index (χ1n) is 6.00. The highest BCUT2D eigenvalue weighted by atomic mass is 16.5. The van der Waals surface area contributed by atoms with Gasteiger partial charge in [0.1, 0.15) is 0 Å². The van der Waals surface area contributed by atoms with Crippen molar-refractivity contribution in [3.63, 3.8) is 0 Å². The molecule has 0 saturated carbocycles. The molecule has 2 atom stereocenters. The van der Waals surface area contributed by atoms with E-state index in [0.29, 0.717) is 12.1 Å². The molecule has 0 amide bonds. The molecule has 1 unspecified atom stereocenters. The zero-order chi connectivity index (χ0) is 10.7. The second-order valence-corrected chi connectivity index (χ2v) is 4.87. The lowest BCUT2D eigenvalue weighted by Gasteiger charge is -2.37. The van der Waals surface area contributed by atoms with Crippen molar-refractivity contribution in [2.75, 3.05) is 52.9 Å². The standard InChI is InChI=1S/C11H23N3O/c1-10-7-14(4-3-12-10)9-11-8-13(2)5-6-15-11/h10-12H,3-9H2,1-2H3/t10-,11?/m1/s1. The third kappa shape index (κ3) is 3.41. The number of rotatable bonds is 2. The summed E-state index contributed by atoms with van der Waals surface area (Å²) in [7, 11) is 2.18. The van der Waals surface area contributed by atoms with Crippen LogP contribution in [0.2, 0.25) is 0 Å².